The number of fused-ring (bicyclic) bond motifs is 1. The molecule has 0 fully saturated rings. The van der Waals surface area contributed by atoms with E-state index >= 15 is 0 Å². The van der Waals surface area contributed by atoms with Crippen LogP contribution >= 0.6 is 0 Å². The van der Waals surface area contributed by atoms with Gasteiger partial charge in [0.05, 0.1) is 18.8 Å². The Kier molecular flexibility index (Phi) is 5.09. The molecule has 0 aliphatic heterocycles. The molecule has 1 unspecified atom stereocenters. The molecule has 27 heavy (non-hydrogen) atoms. The lowest BCUT2D eigenvalue weighted by molar-refractivity contribution is -0.137. The Morgan fingerprint density at radius 3 is 2.56 bits per heavy atom. The summed E-state index contributed by atoms with van der Waals surface area (Å²) in [6.45, 7) is -0.182. The van der Waals surface area contributed by atoms with Gasteiger partial charge in [-0.25, -0.2) is 0 Å². The van der Waals surface area contributed by atoms with Crippen LogP contribution in [0.5, 0.6) is 5.75 Å². The molecule has 1 aromatic heterocycles. The first-order chi connectivity index (χ1) is 12.8. The van der Waals surface area contributed by atoms with Gasteiger partial charge in [0, 0.05) is 11.9 Å². The summed E-state index contributed by atoms with van der Waals surface area (Å²) < 4.78 is 48.4. The molecule has 0 aliphatic rings. The lowest BCUT2D eigenvalue weighted by atomic mass is 10.1. The number of ether oxygens (including phenoxy) is 1. The molecule has 0 spiro atoms. The molecule has 0 aliphatic carbocycles. The molecule has 2 N–H and O–H groups in total. The number of halogens is 3. The third-order valence-corrected chi connectivity index (χ3v) is 4.03. The van der Waals surface area contributed by atoms with Gasteiger partial charge in [0.2, 0.25) is 0 Å². The maximum atomic E-state index is 12.6. The van der Waals surface area contributed by atoms with Crippen molar-refractivity contribution in [1.82, 2.24) is 5.32 Å². The summed E-state index contributed by atoms with van der Waals surface area (Å²) in [6, 6.07) is 10.9. The second kappa shape index (κ2) is 7.32. The van der Waals surface area contributed by atoms with E-state index in [2.05, 4.69) is 5.32 Å². The number of rotatable bonds is 5. The van der Waals surface area contributed by atoms with Gasteiger partial charge in [0.1, 0.15) is 0 Å². The van der Waals surface area contributed by atoms with Crippen LogP contribution in [0.25, 0.3) is 11.0 Å². The second-order valence-corrected chi connectivity index (χ2v) is 5.83. The van der Waals surface area contributed by atoms with Gasteiger partial charge < -0.3 is 19.6 Å². The molecule has 1 amide bonds. The molecular formula is C19H16F3NO4. The van der Waals surface area contributed by atoms with Gasteiger partial charge in [-0.1, -0.05) is 24.3 Å². The van der Waals surface area contributed by atoms with Gasteiger partial charge in [-0.2, -0.15) is 13.2 Å². The number of aliphatic hydroxyl groups excluding tert-OH is 1. The van der Waals surface area contributed by atoms with Crippen molar-refractivity contribution in [1.29, 1.82) is 0 Å². The minimum Gasteiger partial charge on any atom is -0.493 e. The highest BCUT2D eigenvalue weighted by atomic mass is 19.4. The van der Waals surface area contributed by atoms with E-state index in [-0.39, 0.29) is 17.9 Å². The average Bonchev–Trinajstić information content (AvgIpc) is 3.09. The van der Waals surface area contributed by atoms with Crippen molar-refractivity contribution < 1.29 is 32.2 Å². The van der Waals surface area contributed by atoms with E-state index in [1.165, 1.54) is 25.3 Å². The lowest BCUT2D eigenvalue weighted by Gasteiger charge is -2.13. The molecule has 1 atom stereocenters. The average molecular weight is 379 g/mol. The third-order valence-electron chi connectivity index (χ3n) is 4.03. The lowest BCUT2D eigenvalue weighted by Crippen LogP contribution is -2.28. The number of methoxy groups -OCH3 is 1. The normalized spacial score (nSPS) is 12.8. The second-order valence-electron chi connectivity index (χ2n) is 5.83. The van der Waals surface area contributed by atoms with Crippen LogP contribution in [0.1, 0.15) is 27.8 Å². The molecule has 142 valence electrons. The van der Waals surface area contributed by atoms with Crippen LogP contribution in [-0.2, 0) is 6.18 Å². The fourth-order valence-electron chi connectivity index (χ4n) is 2.60. The zero-order valence-corrected chi connectivity index (χ0v) is 14.2. The number of carbonyl (C=O) groups excluding carboxylic acids is 1. The van der Waals surface area contributed by atoms with E-state index in [1.807, 2.05) is 0 Å². The van der Waals surface area contributed by atoms with Gasteiger partial charge in [-0.3, -0.25) is 4.79 Å². The summed E-state index contributed by atoms with van der Waals surface area (Å²) >= 11 is 0. The highest BCUT2D eigenvalue weighted by Crippen LogP contribution is 2.30. The Morgan fingerprint density at radius 1 is 1.22 bits per heavy atom. The van der Waals surface area contributed by atoms with Crippen molar-refractivity contribution >= 4 is 16.9 Å². The number of amides is 1. The summed E-state index contributed by atoms with van der Waals surface area (Å²) in [5.74, 6) is -0.0373. The van der Waals surface area contributed by atoms with E-state index in [4.69, 9.17) is 9.15 Å². The van der Waals surface area contributed by atoms with E-state index in [0.717, 1.165) is 12.1 Å². The number of hydrogen-bond donors (Lipinski definition) is 2. The molecule has 0 bridgehead atoms. The molecular weight excluding hydrogens is 363 g/mol. The van der Waals surface area contributed by atoms with Crippen molar-refractivity contribution in [2.45, 2.75) is 12.3 Å². The number of hydrogen-bond acceptors (Lipinski definition) is 4. The van der Waals surface area contributed by atoms with Crippen molar-refractivity contribution in [2.24, 2.45) is 0 Å². The molecule has 3 rings (SSSR count). The van der Waals surface area contributed by atoms with Crippen LogP contribution in [0.3, 0.4) is 0 Å². The number of nitrogens with one attached hydrogen (secondary N) is 1. The molecule has 1 heterocycles. The van der Waals surface area contributed by atoms with Crippen LogP contribution in [0, 0.1) is 0 Å². The number of benzene rings is 2. The quantitative estimate of drug-likeness (QED) is 0.705. The summed E-state index contributed by atoms with van der Waals surface area (Å²) in [5, 5.41) is 13.3. The van der Waals surface area contributed by atoms with Crippen LogP contribution < -0.4 is 10.1 Å². The van der Waals surface area contributed by atoms with E-state index in [0.29, 0.717) is 16.7 Å². The summed E-state index contributed by atoms with van der Waals surface area (Å²) in [7, 11) is 1.48. The Bertz CT molecular complexity index is 948. The molecule has 8 heteroatoms. The van der Waals surface area contributed by atoms with Gasteiger partial charge in [0.15, 0.2) is 17.1 Å². The van der Waals surface area contributed by atoms with Gasteiger partial charge in [0.25, 0.3) is 5.91 Å². The topological polar surface area (TPSA) is 71.7 Å². The molecule has 3 aromatic rings. The number of furan rings is 1. The van der Waals surface area contributed by atoms with E-state index < -0.39 is 23.8 Å². The first-order valence-corrected chi connectivity index (χ1v) is 7.99. The summed E-state index contributed by atoms with van der Waals surface area (Å²) in [5.41, 5.74) is -0.123. The van der Waals surface area contributed by atoms with Gasteiger partial charge in [-0.15, -0.1) is 0 Å². The monoisotopic (exact) mass is 379 g/mol. The van der Waals surface area contributed by atoms with Crippen LogP contribution in [-0.4, -0.2) is 24.7 Å². The summed E-state index contributed by atoms with van der Waals surface area (Å²) in [4.78, 5) is 12.2. The first kappa shape index (κ1) is 18.8. The molecule has 0 saturated carbocycles. The first-order valence-electron chi connectivity index (χ1n) is 7.99. The smallest absolute Gasteiger partial charge is 0.416 e. The van der Waals surface area contributed by atoms with Crippen molar-refractivity contribution in [2.75, 3.05) is 13.7 Å². The van der Waals surface area contributed by atoms with Crippen molar-refractivity contribution in [3.8, 4) is 5.75 Å². The molecule has 0 saturated heterocycles. The minimum absolute atomic E-state index is 0.0362. The number of para-hydroxylation sites is 1. The maximum Gasteiger partial charge on any atom is 0.416 e. The fraction of sp³-hybridized carbons (Fsp3) is 0.211. The largest absolute Gasteiger partial charge is 0.493 e. The highest BCUT2D eigenvalue weighted by molar-refractivity contribution is 5.97. The summed E-state index contributed by atoms with van der Waals surface area (Å²) in [6.07, 6.45) is -5.60. The van der Waals surface area contributed by atoms with Crippen LogP contribution in [0.2, 0.25) is 0 Å². The molecule has 2 aromatic carbocycles. The number of aliphatic hydroxyl groups is 1. The zero-order valence-electron chi connectivity index (χ0n) is 14.2. The number of carbonyl (C=O) groups is 1. The predicted octanol–water partition coefficient (Wildman–Crippen LogP) is 3.92. The SMILES string of the molecule is COc1cccc2cc(C(=O)NCC(O)c3ccc(C(F)(F)F)cc3)oc12. The zero-order chi connectivity index (χ0) is 19.6. The molecule has 5 nitrogen and oxygen atoms in total. The highest BCUT2D eigenvalue weighted by Gasteiger charge is 2.30. The predicted molar refractivity (Wildman–Crippen MR) is 91.5 cm³/mol. The van der Waals surface area contributed by atoms with Crippen LogP contribution in [0.4, 0.5) is 13.2 Å². The third kappa shape index (κ3) is 4.06. The Morgan fingerprint density at radius 2 is 1.93 bits per heavy atom. The Labute approximate surface area is 152 Å². The van der Waals surface area contributed by atoms with Gasteiger partial charge >= 0.3 is 6.18 Å². The van der Waals surface area contributed by atoms with E-state index in [1.54, 1.807) is 18.2 Å². The maximum absolute atomic E-state index is 12.6. The van der Waals surface area contributed by atoms with Crippen molar-refractivity contribution in [3.63, 3.8) is 0 Å². The number of alkyl halides is 3. The fourth-order valence-corrected chi connectivity index (χ4v) is 2.60. The van der Waals surface area contributed by atoms with Crippen molar-refractivity contribution in [3.05, 3.63) is 65.4 Å². The van der Waals surface area contributed by atoms with Gasteiger partial charge in [-0.05, 0) is 29.8 Å². The molecule has 0 radical (unpaired) electrons. The van der Waals surface area contributed by atoms with Crippen LogP contribution in [0.15, 0.2) is 52.9 Å². The van der Waals surface area contributed by atoms with E-state index in [9.17, 15) is 23.1 Å². The standard InChI is InChI=1S/C19H16F3NO4/c1-26-15-4-2-3-12-9-16(27-17(12)15)18(25)23-10-14(24)11-5-7-13(8-6-11)19(20,21)22/h2-9,14,24H,10H2,1H3,(H,23,25). The Balaban J connectivity index is 1.66. The Hall–Kier alpha value is -3.00. The minimum atomic E-state index is -4.44.